The second-order valence-electron chi connectivity index (χ2n) is 2.48. The molecule has 0 saturated heterocycles. The van der Waals surface area contributed by atoms with Crippen molar-refractivity contribution in [1.29, 1.82) is 5.26 Å². The maximum absolute atomic E-state index is 11.1. The van der Waals surface area contributed by atoms with Crippen LogP contribution in [-0.4, -0.2) is 5.78 Å². The van der Waals surface area contributed by atoms with Gasteiger partial charge in [-0.1, -0.05) is 11.6 Å². The monoisotopic (exact) mass is 305 g/mol. The van der Waals surface area contributed by atoms with Crippen LogP contribution < -0.4 is 0 Å². The molecule has 1 aromatic carbocycles. The largest absolute Gasteiger partial charge is 0.294 e. The van der Waals surface area contributed by atoms with E-state index in [1.54, 1.807) is 6.07 Å². The summed E-state index contributed by atoms with van der Waals surface area (Å²) >= 11 is 7.82. The van der Waals surface area contributed by atoms with Crippen LogP contribution in [0.5, 0.6) is 0 Å². The van der Waals surface area contributed by atoms with Gasteiger partial charge in [0.1, 0.15) is 0 Å². The molecule has 0 fully saturated rings. The van der Waals surface area contributed by atoms with Crippen LogP contribution in [0.3, 0.4) is 0 Å². The Morgan fingerprint density at radius 3 is 2.69 bits per heavy atom. The van der Waals surface area contributed by atoms with Crippen LogP contribution in [0.2, 0.25) is 5.02 Å². The van der Waals surface area contributed by atoms with E-state index in [1.165, 1.54) is 13.0 Å². The summed E-state index contributed by atoms with van der Waals surface area (Å²) in [4.78, 5) is 11.1. The molecular formula is C9H5ClINO. The molecule has 0 spiro atoms. The molecular weight excluding hydrogens is 300 g/mol. The quantitative estimate of drug-likeness (QED) is 0.591. The van der Waals surface area contributed by atoms with Crippen molar-refractivity contribution >= 4 is 40.0 Å². The minimum atomic E-state index is -0.119. The highest BCUT2D eigenvalue weighted by Crippen LogP contribution is 2.23. The number of rotatable bonds is 1. The standard InChI is InChI=1S/C9H5ClINO/c1-5(13)7-3-9(11)8(10)2-6(7)4-12/h2-3H,1H3. The fourth-order valence-corrected chi connectivity index (χ4v) is 1.56. The first-order valence-electron chi connectivity index (χ1n) is 3.46. The lowest BCUT2D eigenvalue weighted by atomic mass is 10.1. The van der Waals surface area contributed by atoms with Crippen LogP contribution in [-0.2, 0) is 0 Å². The minimum Gasteiger partial charge on any atom is -0.294 e. The van der Waals surface area contributed by atoms with Crippen molar-refractivity contribution in [2.45, 2.75) is 6.92 Å². The molecule has 0 aromatic heterocycles. The minimum absolute atomic E-state index is 0.119. The summed E-state index contributed by atoms with van der Waals surface area (Å²) in [5.74, 6) is -0.119. The predicted octanol–water partition coefficient (Wildman–Crippen LogP) is 3.02. The highest BCUT2D eigenvalue weighted by atomic mass is 127. The van der Waals surface area contributed by atoms with Crippen LogP contribution in [0.25, 0.3) is 0 Å². The number of hydrogen-bond donors (Lipinski definition) is 0. The number of benzene rings is 1. The number of nitriles is 1. The summed E-state index contributed by atoms with van der Waals surface area (Å²) < 4.78 is 0.781. The first-order chi connectivity index (χ1) is 6.06. The van der Waals surface area contributed by atoms with Gasteiger partial charge in [0.2, 0.25) is 0 Å². The van der Waals surface area contributed by atoms with E-state index in [0.29, 0.717) is 16.1 Å². The topological polar surface area (TPSA) is 40.9 Å². The summed E-state index contributed by atoms with van der Waals surface area (Å²) in [6, 6.07) is 5.08. The van der Waals surface area contributed by atoms with Crippen molar-refractivity contribution in [3.63, 3.8) is 0 Å². The van der Waals surface area contributed by atoms with Crippen LogP contribution in [0, 0.1) is 14.9 Å². The highest BCUT2D eigenvalue weighted by Gasteiger charge is 2.09. The SMILES string of the molecule is CC(=O)c1cc(I)c(Cl)cc1C#N. The molecule has 66 valence electrons. The summed E-state index contributed by atoms with van der Waals surface area (Å²) in [5, 5.41) is 9.22. The average molecular weight is 306 g/mol. The maximum Gasteiger partial charge on any atom is 0.161 e. The second-order valence-corrected chi connectivity index (χ2v) is 4.05. The molecule has 0 radical (unpaired) electrons. The zero-order valence-corrected chi connectivity index (χ0v) is 9.68. The van der Waals surface area contributed by atoms with Crippen molar-refractivity contribution in [3.8, 4) is 6.07 Å². The summed E-state index contributed by atoms with van der Waals surface area (Å²) in [6.45, 7) is 1.43. The predicted molar refractivity (Wildman–Crippen MR) is 58.9 cm³/mol. The van der Waals surface area contributed by atoms with E-state index in [1.807, 2.05) is 28.7 Å². The fourth-order valence-electron chi connectivity index (χ4n) is 0.931. The Labute approximate surface area is 94.6 Å². The van der Waals surface area contributed by atoms with Gasteiger partial charge in [-0.3, -0.25) is 4.79 Å². The average Bonchev–Trinajstić information content (AvgIpc) is 2.08. The van der Waals surface area contributed by atoms with Gasteiger partial charge in [0.05, 0.1) is 16.7 Å². The number of nitrogens with zero attached hydrogens (tertiary/aromatic N) is 1. The molecule has 0 atom stereocenters. The van der Waals surface area contributed by atoms with Crippen LogP contribution >= 0.6 is 34.2 Å². The van der Waals surface area contributed by atoms with Crippen molar-refractivity contribution in [1.82, 2.24) is 0 Å². The molecule has 0 N–H and O–H groups in total. The Morgan fingerprint density at radius 1 is 1.62 bits per heavy atom. The lowest BCUT2D eigenvalue weighted by molar-refractivity contribution is 0.101. The molecule has 2 nitrogen and oxygen atoms in total. The van der Waals surface area contributed by atoms with Crippen molar-refractivity contribution in [2.24, 2.45) is 0 Å². The van der Waals surface area contributed by atoms with Gasteiger partial charge in [0.25, 0.3) is 0 Å². The molecule has 4 heteroatoms. The molecule has 1 rings (SSSR count). The Bertz CT molecular complexity index is 409. The van der Waals surface area contributed by atoms with Gasteiger partial charge in [0.15, 0.2) is 5.78 Å². The van der Waals surface area contributed by atoms with Crippen molar-refractivity contribution < 1.29 is 4.79 Å². The number of carbonyl (C=O) groups excluding carboxylic acids is 1. The third-order valence-corrected chi connectivity index (χ3v) is 3.08. The van der Waals surface area contributed by atoms with E-state index < -0.39 is 0 Å². The van der Waals surface area contributed by atoms with Gasteiger partial charge in [-0.25, -0.2) is 0 Å². The zero-order chi connectivity index (χ0) is 10.0. The molecule has 0 heterocycles. The van der Waals surface area contributed by atoms with Crippen LogP contribution in [0.1, 0.15) is 22.8 Å². The number of Topliss-reactive ketones (excluding diaryl/α,β-unsaturated/α-hetero) is 1. The molecule has 0 saturated carbocycles. The second kappa shape index (κ2) is 4.07. The fraction of sp³-hybridized carbons (Fsp3) is 0.111. The van der Waals surface area contributed by atoms with E-state index in [0.717, 1.165) is 3.57 Å². The number of halogens is 2. The van der Waals surface area contributed by atoms with Gasteiger partial charge in [0, 0.05) is 9.13 Å². The lowest BCUT2D eigenvalue weighted by Crippen LogP contribution is -1.97. The van der Waals surface area contributed by atoms with Gasteiger partial charge in [-0.05, 0) is 41.6 Å². The van der Waals surface area contributed by atoms with Gasteiger partial charge in [-0.2, -0.15) is 5.26 Å². The first kappa shape index (κ1) is 10.5. The first-order valence-corrected chi connectivity index (χ1v) is 4.92. The molecule has 1 aromatic rings. The normalized spacial score (nSPS) is 9.38. The van der Waals surface area contributed by atoms with Crippen LogP contribution in [0.15, 0.2) is 12.1 Å². The smallest absolute Gasteiger partial charge is 0.161 e. The Morgan fingerprint density at radius 2 is 2.23 bits per heavy atom. The molecule has 0 amide bonds. The lowest BCUT2D eigenvalue weighted by Gasteiger charge is -2.01. The molecule has 0 unspecified atom stereocenters. The summed E-state index contributed by atoms with van der Waals surface area (Å²) in [5.41, 5.74) is 0.759. The Balaban J connectivity index is 3.44. The van der Waals surface area contributed by atoms with E-state index >= 15 is 0 Å². The van der Waals surface area contributed by atoms with E-state index in [2.05, 4.69) is 0 Å². The van der Waals surface area contributed by atoms with Gasteiger partial charge >= 0.3 is 0 Å². The van der Waals surface area contributed by atoms with E-state index in [9.17, 15) is 4.79 Å². The zero-order valence-electron chi connectivity index (χ0n) is 6.77. The third kappa shape index (κ3) is 2.20. The molecule has 13 heavy (non-hydrogen) atoms. The molecule has 0 bridgehead atoms. The van der Waals surface area contributed by atoms with Crippen molar-refractivity contribution in [3.05, 3.63) is 31.9 Å². The summed E-state index contributed by atoms with van der Waals surface area (Å²) in [6.07, 6.45) is 0. The third-order valence-electron chi connectivity index (χ3n) is 1.56. The van der Waals surface area contributed by atoms with Crippen molar-refractivity contribution in [2.75, 3.05) is 0 Å². The van der Waals surface area contributed by atoms with E-state index in [4.69, 9.17) is 16.9 Å². The highest BCUT2D eigenvalue weighted by molar-refractivity contribution is 14.1. The Hall–Kier alpha value is -0.600. The number of ketones is 1. The van der Waals surface area contributed by atoms with E-state index in [-0.39, 0.29) is 5.78 Å². The van der Waals surface area contributed by atoms with Gasteiger partial charge < -0.3 is 0 Å². The Kier molecular flexibility index (Phi) is 3.28. The van der Waals surface area contributed by atoms with Gasteiger partial charge in [-0.15, -0.1) is 0 Å². The van der Waals surface area contributed by atoms with Crippen LogP contribution in [0.4, 0.5) is 0 Å². The number of carbonyl (C=O) groups is 1. The maximum atomic E-state index is 11.1. The summed E-state index contributed by atoms with van der Waals surface area (Å²) in [7, 11) is 0. The molecule has 0 aliphatic rings. The molecule has 0 aliphatic heterocycles. The molecule has 0 aliphatic carbocycles. The number of hydrogen-bond acceptors (Lipinski definition) is 2.